The first-order chi connectivity index (χ1) is 15.7. The monoisotopic (exact) mass is 457 g/mol. The Balaban J connectivity index is 1.79. The van der Waals surface area contributed by atoms with Crippen molar-refractivity contribution in [3.05, 3.63) is 35.9 Å². The molecule has 3 amide bonds. The van der Waals surface area contributed by atoms with Crippen LogP contribution in [0.2, 0.25) is 0 Å². The van der Waals surface area contributed by atoms with E-state index in [1.165, 1.54) is 4.90 Å². The highest BCUT2D eigenvalue weighted by Gasteiger charge is 2.79. The second kappa shape index (κ2) is 8.72. The lowest BCUT2D eigenvalue weighted by Gasteiger charge is -2.37. The minimum Gasteiger partial charge on any atom is -0.394 e. The standard InChI is InChI=1S/C25H35N3O5/c1-5-24-11-12-25(33-24)19(18(24)21(30)26-4)23(32)28(20(25)22(31)27-15(2)3)17(14-29)13-16-9-7-6-8-10-16/h6-10,15,17-20,29H,5,11-14H2,1-4H3,(H,26,30)(H,27,31)/t17-,18-,19+,20?,24+,25?/m1/s1. The first-order valence-corrected chi connectivity index (χ1v) is 11.9. The summed E-state index contributed by atoms with van der Waals surface area (Å²) in [5.41, 5.74) is -0.871. The number of benzene rings is 1. The van der Waals surface area contributed by atoms with Gasteiger partial charge in [0.05, 0.1) is 30.1 Å². The van der Waals surface area contributed by atoms with E-state index in [2.05, 4.69) is 10.6 Å². The second-order valence-corrected chi connectivity index (χ2v) is 9.88. The molecule has 3 fully saturated rings. The second-order valence-electron chi connectivity index (χ2n) is 9.88. The van der Waals surface area contributed by atoms with Crippen LogP contribution in [-0.2, 0) is 25.5 Å². The van der Waals surface area contributed by atoms with Gasteiger partial charge in [0.2, 0.25) is 17.7 Å². The number of hydrogen-bond donors (Lipinski definition) is 3. The van der Waals surface area contributed by atoms with Gasteiger partial charge in [-0.25, -0.2) is 0 Å². The van der Waals surface area contributed by atoms with Crippen LogP contribution in [0.25, 0.3) is 0 Å². The number of ether oxygens (including phenoxy) is 1. The Morgan fingerprint density at radius 2 is 1.91 bits per heavy atom. The van der Waals surface area contributed by atoms with E-state index in [0.717, 1.165) is 5.56 Å². The zero-order valence-electron chi connectivity index (χ0n) is 19.8. The predicted octanol–water partition coefficient (Wildman–Crippen LogP) is 1.02. The maximum Gasteiger partial charge on any atom is 0.246 e. The zero-order valence-corrected chi connectivity index (χ0v) is 19.8. The summed E-state index contributed by atoms with van der Waals surface area (Å²) in [6, 6.07) is 7.97. The van der Waals surface area contributed by atoms with Crippen molar-refractivity contribution in [2.75, 3.05) is 13.7 Å². The van der Waals surface area contributed by atoms with E-state index >= 15 is 0 Å². The van der Waals surface area contributed by atoms with Crippen LogP contribution in [0.15, 0.2) is 30.3 Å². The number of aliphatic hydroxyl groups excluding tert-OH is 1. The molecule has 4 rings (SSSR count). The fraction of sp³-hybridized carbons (Fsp3) is 0.640. The summed E-state index contributed by atoms with van der Waals surface area (Å²) in [7, 11) is 1.57. The van der Waals surface area contributed by atoms with Crippen LogP contribution in [0.3, 0.4) is 0 Å². The highest BCUT2D eigenvalue weighted by Crippen LogP contribution is 2.64. The molecule has 3 saturated heterocycles. The summed E-state index contributed by atoms with van der Waals surface area (Å²) in [5, 5.41) is 16.0. The Kier molecular flexibility index (Phi) is 6.26. The predicted molar refractivity (Wildman–Crippen MR) is 122 cm³/mol. The van der Waals surface area contributed by atoms with Gasteiger partial charge in [0, 0.05) is 13.1 Å². The number of likely N-dealkylation sites (tertiary alicyclic amines) is 1. The molecule has 1 spiro atoms. The Morgan fingerprint density at radius 3 is 2.48 bits per heavy atom. The van der Waals surface area contributed by atoms with Crippen molar-refractivity contribution in [3.63, 3.8) is 0 Å². The molecule has 8 heteroatoms. The molecule has 1 aromatic rings. The molecule has 0 radical (unpaired) electrons. The van der Waals surface area contributed by atoms with Gasteiger partial charge in [0.25, 0.3) is 0 Å². The number of hydrogen-bond acceptors (Lipinski definition) is 5. The Labute approximate surface area is 195 Å². The van der Waals surface area contributed by atoms with Gasteiger partial charge < -0.3 is 25.4 Å². The summed E-state index contributed by atoms with van der Waals surface area (Å²) in [6.45, 7) is 5.41. The molecule has 3 aliphatic rings. The SMILES string of the molecule is CC[C@@]12CCC3(O1)C(C(=O)NC(C)C)N([C@@H](CO)Cc1ccccc1)C(=O)[C@@H]3[C@@H]2C(=O)NC. The normalized spacial score (nSPS) is 33.3. The fourth-order valence-corrected chi connectivity index (χ4v) is 6.40. The quantitative estimate of drug-likeness (QED) is 0.540. The number of carbonyl (C=O) groups is 3. The number of rotatable bonds is 8. The van der Waals surface area contributed by atoms with Crippen molar-refractivity contribution >= 4 is 17.7 Å². The summed E-state index contributed by atoms with van der Waals surface area (Å²) in [4.78, 5) is 42.2. The molecule has 1 aromatic carbocycles. The molecular formula is C25H35N3O5. The molecule has 0 saturated carbocycles. The lowest BCUT2D eigenvalue weighted by atomic mass is 9.65. The van der Waals surface area contributed by atoms with Crippen molar-refractivity contribution in [3.8, 4) is 0 Å². The molecule has 3 aliphatic heterocycles. The largest absolute Gasteiger partial charge is 0.394 e. The van der Waals surface area contributed by atoms with Gasteiger partial charge in [-0.2, -0.15) is 0 Å². The van der Waals surface area contributed by atoms with Crippen LogP contribution in [0, 0.1) is 11.8 Å². The number of nitrogens with zero attached hydrogens (tertiary/aromatic N) is 1. The molecule has 3 N–H and O–H groups in total. The average Bonchev–Trinajstić information content (AvgIpc) is 3.41. The summed E-state index contributed by atoms with van der Waals surface area (Å²) in [6.07, 6.45) is 2.14. The molecule has 0 aromatic heterocycles. The van der Waals surface area contributed by atoms with Gasteiger partial charge >= 0.3 is 0 Å². The minimum absolute atomic E-state index is 0.125. The topological polar surface area (TPSA) is 108 Å². The number of nitrogens with one attached hydrogen (secondary N) is 2. The van der Waals surface area contributed by atoms with Crippen molar-refractivity contribution in [1.82, 2.24) is 15.5 Å². The van der Waals surface area contributed by atoms with Gasteiger partial charge in [-0.1, -0.05) is 37.3 Å². The van der Waals surface area contributed by atoms with E-state index in [-0.39, 0.29) is 30.4 Å². The van der Waals surface area contributed by atoms with Gasteiger partial charge in [-0.15, -0.1) is 0 Å². The molecule has 3 heterocycles. The number of fused-ring (bicyclic) bond motifs is 1. The van der Waals surface area contributed by atoms with Crippen LogP contribution in [0.4, 0.5) is 0 Å². The lowest BCUT2D eigenvalue weighted by molar-refractivity contribution is -0.151. The van der Waals surface area contributed by atoms with Crippen molar-refractivity contribution in [2.24, 2.45) is 11.8 Å². The molecular weight excluding hydrogens is 422 g/mol. The van der Waals surface area contributed by atoms with E-state index in [9.17, 15) is 19.5 Å². The van der Waals surface area contributed by atoms with Crippen LogP contribution in [-0.4, -0.2) is 70.7 Å². The van der Waals surface area contributed by atoms with E-state index < -0.39 is 35.1 Å². The van der Waals surface area contributed by atoms with E-state index in [1.807, 2.05) is 51.1 Å². The Bertz CT molecular complexity index is 922. The number of carbonyl (C=O) groups excluding carboxylic acids is 3. The molecule has 0 aliphatic carbocycles. The minimum atomic E-state index is -1.08. The van der Waals surface area contributed by atoms with Crippen LogP contribution >= 0.6 is 0 Å². The maximum atomic E-state index is 14.0. The van der Waals surface area contributed by atoms with Crippen molar-refractivity contribution in [2.45, 2.75) is 75.8 Å². The third-order valence-corrected chi connectivity index (χ3v) is 7.75. The third-order valence-electron chi connectivity index (χ3n) is 7.75. The molecule has 8 nitrogen and oxygen atoms in total. The van der Waals surface area contributed by atoms with Crippen LogP contribution < -0.4 is 10.6 Å². The van der Waals surface area contributed by atoms with Gasteiger partial charge in [-0.3, -0.25) is 14.4 Å². The zero-order chi connectivity index (χ0) is 24.0. The molecule has 33 heavy (non-hydrogen) atoms. The van der Waals surface area contributed by atoms with E-state index in [4.69, 9.17) is 4.74 Å². The van der Waals surface area contributed by atoms with Crippen LogP contribution in [0.1, 0.15) is 45.6 Å². The van der Waals surface area contributed by atoms with E-state index in [0.29, 0.717) is 25.7 Å². The number of aliphatic hydroxyl groups is 1. The summed E-state index contributed by atoms with van der Waals surface area (Å²) in [5.74, 6) is -2.22. The molecule has 6 atom stereocenters. The number of amides is 3. The summed E-state index contributed by atoms with van der Waals surface area (Å²) < 4.78 is 6.65. The third kappa shape index (κ3) is 3.54. The first kappa shape index (κ1) is 23.7. The molecule has 2 bridgehead atoms. The average molecular weight is 458 g/mol. The Morgan fingerprint density at radius 1 is 1.21 bits per heavy atom. The summed E-state index contributed by atoms with van der Waals surface area (Å²) >= 11 is 0. The van der Waals surface area contributed by atoms with Crippen molar-refractivity contribution < 1.29 is 24.2 Å². The first-order valence-electron chi connectivity index (χ1n) is 11.9. The maximum absolute atomic E-state index is 14.0. The highest BCUT2D eigenvalue weighted by molar-refractivity contribution is 5.99. The Hall–Kier alpha value is -2.45. The van der Waals surface area contributed by atoms with Gasteiger partial charge in [-0.05, 0) is 45.1 Å². The van der Waals surface area contributed by atoms with Gasteiger partial charge in [0.1, 0.15) is 11.6 Å². The molecule has 180 valence electrons. The molecule has 2 unspecified atom stereocenters. The lowest BCUT2D eigenvalue weighted by Crippen LogP contribution is -2.59. The van der Waals surface area contributed by atoms with Crippen LogP contribution in [0.5, 0.6) is 0 Å². The highest BCUT2D eigenvalue weighted by atomic mass is 16.5. The fourth-order valence-electron chi connectivity index (χ4n) is 6.40. The van der Waals surface area contributed by atoms with Crippen molar-refractivity contribution in [1.29, 1.82) is 0 Å². The van der Waals surface area contributed by atoms with E-state index in [1.54, 1.807) is 7.05 Å². The van der Waals surface area contributed by atoms with Gasteiger partial charge in [0.15, 0.2) is 0 Å². The smallest absolute Gasteiger partial charge is 0.246 e.